The normalized spacial score (nSPS) is 10.4. The second-order valence-corrected chi connectivity index (χ2v) is 7.02. The molecule has 144 valence electrons. The molecule has 0 radical (unpaired) electrons. The Morgan fingerprint density at radius 2 is 1.82 bits per heavy atom. The van der Waals surface area contributed by atoms with Crippen LogP contribution in [-0.2, 0) is 16.1 Å². The molecule has 0 bridgehead atoms. The minimum Gasteiger partial charge on any atom is -0.497 e. The van der Waals surface area contributed by atoms with Crippen LogP contribution in [0.2, 0.25) is 5.02 Å². The topological polar surface area (TPSA) is 77.5 Å². The first-order valence-corrected chi connectivity index (χ1v) is 9.59. The second-order valence-electron chi connectivity index (χ2n) is 5.72. The van der Waals surface area contributed by atoms with E-state index in [0.717, 1.165) is 16.3 Å². The molecule has 1 heterocycles. The van der Waals surface area contributed by atoms with Crippen molar-refractivity contribution in [2.24, 2.45) is 0 Å². The van der Waals surface area contributed by atoms with Crippen molar-refractivity contribution in [1.82, 2.24) is 10.3 Å². The van der Waals surface area contributed by atoms with Gasteiger partial charge < -0.3 is 14.8 Å². The number of thiazole rings is 1. The fraction of sp³-hybridized carbons (Fsp3) is 0.150. The summed E-state index contributed by atoms with van der Waals surface area (Å²) in [6.45, 7) is -0.181. The van der Waals surface area contributed by atoms with Crippen LogP contribution < -0.4 is 10.1 Å². The Kier molecular flexibility index (Phi) is 6.62. The van der Waals surface area contributed by atoms with Gasteiger partial charge in [-0.25, -0.2) is 4.98 Å². The van der Waals surface area contributed by atoms with Crippen LogP contribution >= 0.6 is 22.9 Å². The van der Waals surface area contributed by atoms with E-state index in [9.17, 15) is 9.59 Å². The van der Waals surface area contributed by atoms with Gasteiger partial charge in [0, 0.05) is 21.5 Å². The van der Waals surface area contributed by atoms with Crippen molar-refractivity contribution in [3.05, 3.63) is 70.2 Å². The van der Waals surface area contributed by atoms with E-state index in [1.165, 1.54) is 11.3 Å². The minimum absolute atomic E-state index is 0.0440. The van der Waals surface area contributed by atoms with Crippen LogP contribution in [0.25, 0.3) is 10.6 Å². The minimum atomic E-state index is -0.540. The van der Waals surface area contributed by atoms with E-state index < -0.39 is 5.97 Å². The maximum Gasteiger partial charge on any atom is 0.325 e. The summed E-state index contributed by atoms with van der Waals surface area (Å²) in [6.07, 6.45) is 0. The lowest BCUT2D eigenvalue weighted by molar-refractivity contribution is -0.143. The number of halogens is 1. The lowest BCUT2D eigenvalue weighted by Crippen LogP contribution is -2.30. The number of esters is 1. The number of methoxy groups -OCH3 is 1. The van der Waals surface area contributed by atoms with Crippen LogP contribution in [0.1, 0.15) is 16.1 Å². The zero-order valence-electron chi connectivity index (χ0n) is 15.0. The molecule has 0 aliphatic heterocycles. The fourth-order valence-corrected chi connectivity index (χ4v) is 3.24. The molecule has 0 aliphatic rings. The van der Waals surface area contributed by atoms with Crippen molar-refractivity contribution in [2.75, 3.05) is 13.7 Å². The maximum absolute atomic E-state index is 12.0. The highest BCUT2D eigenvalue weighted by Crippen LogP contribution is 2.25. The molecule has 8 heteroatoms. The summed E-state index contributed by atoms with van der Waals surface area (Å²) in [5.74, 6) is -0.138. The predicted molar refractivity (Wildman–Crippen MR) is 108 cm³/mol. The van der Waals surface area contributed by atoms with Gasteiger partial charge >= 0.3 is 5.97 Å². The second kappa shape index (κ2) is 9.34. The lowest BCUT2D eigenvalue weighted by Gasteiger charge is -2.05. The number of hydrogen-bond donors (Lipinski definition) is 1. The Balaban J connectivity index is 1.47. The number of nitrogens with zero attached hydrogens (tertiary/aromatic N) is 1. The molecular weight excluding hydrogens is 400 g/mol. The molecule has 0 aliphatic carbocycles. The van der Waals surface area contributed by atoms with Crippen molar-refractivity contribution >= 4 is 34.8 Å². The molecule has 0 spiro atoms. The van der Waals surface area contributed by atoms with Crippen molar-refractivity contribution in [2.45, 2.75) is 6.61 Å². The number of hydrogen-bond acceptors (Lipinski definition) is 6. The quantitative estimate of drug-likeness (QED) is 0.590. The zero-order chi connectivity index (χ0) is 19.9. The average molecular weight is 417 g/mol. The Bertz CT molecular complexity index is 955. The molecule has 1 amide bonds. The summed E-state index contributed by atoms with van der Waals surface area (Å²) in [6, 6.07) is 13.9. The number of aromatic nitrogens is 1. The predicted octanol–water partition coefficient (Wildman–Crippen LogP) is 3.95. The van der Waals surface area contributed by atoms with Crippen LogP contribution in [0.5, 0.6) is 5.75 Å². The third kappa shape index (κ3) is 5.31. The van der Waals surface area contributed by atoms with Gasteiger partial charge in [0.05, 0.1) is 12.8 Å². The van der Waals surface area contributed by atoms with Crippen LogP contribution in [0, 0.1) is 0 Å². The molecule has 28 heavy (non-hydrogen) atoms. The first-order valence-electron chi connectivity index (χ1n) is 8.33. The molecule has 6 nitrogen and oxygen atoms in total. The van der Waals surface area contributed by atoms with Gasteiger partial charge in [-0.05, 0) is 48.5 Å². The first-order chi connectivity index (χ1) is 13.5. The Morgan fingerprint density at radius 1 is 1.11 bits per heavy atom. The van der Waals surface area contributed by atoms with E-state index in [4.69, 9.17) is 21.1 Å². The van der Waals surface area contributed by atoms with Crippen molar-refractivity contribution in [3.63, 3.8) is 0 Å². The molecule has 0 unspecified atom stereocenters. The highest BCUT2D eigenvalue weighted by atomic mass is 35.5. The number of carbonyl (C=O) groups excluding carboxylic acids is 2. The van der Waals surface area contributed by atoms with Gasteiger partial charge in [0.15, 0.2) is 0 Å². The van der Waals surface area contributed by atoms with Gasteiger partial charge in [-0.1, -0.05) is 11.6 Å². The molecule has 1 aromatic heterocycles. The van der Waals surface area contributed by atoms with E-state index >= 15 is 0 Å². The summed E-state index contributed by atoms with van der Waals surface area (Å²) in [4.78, 5) is 28.3. The smallest absolute Gasteiger partial charge is 0.325 e. The molecule has 3 aromatic rings. The molecule has 3 rings (SSSR count). The summed E-state index contributed by atoms with van der Waals surface area (Å²) >= 11 is 7.24. The molecule has 0 saturated heterocycles. The van der Waals surface area contributed by atoms with Gasteiger partial charge in [-0.15, -0.1) is 11.3 Å². The third-order valence-corrected chi connectivity index (χ3v) is 4.96. The number of benzene rings is 2. The number of amides is 1. The lowest BCUT2D eigenvalue weighted by atomic mass is 10.2. The van der Waals surface area contributed by atoms with Crippen LogP contribution in [-0.4, -0.2) is 30.5 Å². The van der Waals surface area contributed by atoms with Crippen LogP contribution in [0.3, 0.4) is 0 Å². The van der Waals surface area contributed by atoms with E-state index in [2.05, 4.69) is 10.3 Å². The largest absolute Gasteiger partial charge is 0.497 e. The molecule has 1 N–H and O–H groups in total. The fourth-order valence-electron chi connectivity index (χ4n) is 2.30. The van der Waals surface area contributed by atoms with Crippen molar-refractivity contribution < 1.29 is 19.1 Å². The van der Waals surface area contributed by atoms with E-state index in [-0.39, 0.29) is 19.1 Å². The summed E-state index contributed by atoms with van der Waals surface area (Å²) in [5, 5.41) is 5.70. The van der Waals surface area contributed by atoms with E-state index in [0.29, 0.717) is 16.3 Å². The van der Waals surface area contributed by atoms with Gasteiger partial charge in [-0.3, -0.25) is 9.59 Å². The molecule has 0 atom stereocenters. The highest BCUT2D eigenvalue weighted by Gasteiger charge is 2.11. The molecule has 0 fully saturated rings. The number of ether oxygens (including phenoxy) is 2. The molecule has 2 aromatic carbocycles. The Hall–Kier alpha value is -2.90. The summed E-state index contributed by atoms with van der Waals surface area (Å²) in [7, 11) is 1.61. The molecule has 0 saturated carbocycles. The third-order valence-electron chi connectivity index (χ3n) is 3.77. The van der Waals surface area contributed by atoms with Crippen molar-refractivity contribution in [1.29, 1.82) is 0 Å². The van der Waals surface area contributed by atoms with Gasteiger partial charge in [0.2, 0.25) is 0 Å². The average Bonchev–Trinajstić information content (AvgIpc) is 3.20. The van der Waals surface area contributed by atoms with Crippen molar-refractivity contribution in [3.8, 4) is 16.3 Å². The number of carbonyl (C=O) groups is 2. The highest BCUT2D eigenvalue weighted by molar-refractivity contribution is 7.13. The maximum atomic E-state index is 12.0. The monoisotopic (exact) mass is 416 g/mol. The SMILES string of the molecule is COc1ccc(-c2nc(COC(=O)CNC(=O)c3ccc(Cl)cc3)cs2)cc1. The first kappa shape index (κ1) is 19.9. The van der Waals surface area contributed by atoms with Crippen LogP contribution in [0.4, 0.5) is 0 Å². The van der Waals surface area contributed by atoms with Gasteiger partial charge in [-0.2, -0.15) is 0 Å². The van der Waals surface area contributed by atoms with Crippen LogP contribution in [0.15, 0.2) is 53.9 Å². The standard InChI is InChI=1S/C20H17ClN2O4S/c1-26-17-8-4-14(5-9-17)20-23-16(12-28-20)11-27-18(24)10-22-19(25)13-2-6-15(21)7-3-13/h2-9,12H,10-11H2,1H3,(H,22,25). The van der Waals surface area contributed by atoms with E-state index in [1.54, 1.807) is 31.4 Å². The number of nitrogens with one attached hydrogen (secondary N) is 1. The Morgan fingerprint density at radius 3 is 2.50 bits per heavy atom. The Labute approximate surface area is 171 Å². The summed E-state index contributed by atoms with van der Waals surface area (Å²) < 4.78 is 10.3. The van der Waals surface area contributed by atoms with E-state index in [1.807, 2.05) is 29.6 Å². The van der Waals surface area contributed by atoms with Gasteiger partial charge in [0.1, 0.15) is 23.9 Å². The number of rotatable bonds is 7. The summed E-state index contributed by atoms with van der Waals surface area (Å²) in [5.41, 5.74) is 2.02. The zero-order valence-corrected chi connectivity index (χ0v) is 16.5. The molecular formula is C20H17ClN2O4S. The van der Waals surface area contributed by atoms with Gasteiger partial charge in [0.25, 0.3) is 5.91 Å².